The normalized spacial score (nSPS) is 8.85. The van der Waals surface area contributed by atoms with Crippen LogP contribution in [0.3, 0.4) is 0 Å². The van der Waals surface area contributed by atoms with Crippen LogP contribution in [0.5, 0.6) is 0 Å². The van der Waals surface area contributed by atoms with E-state index in [-0.39, 0.29) is 30.0 Å². The first-order valence-electron chi connectivity index (χ1n) is 3.82. The SMILES string of the molecule is CCN(C)CCCSC(=N)N.Cl.Cl. The molecule has 0 aliphatic rings. The molecule has 0 spiro atoms. The zero-order chi connectivity index (χ0) is 8.69. The monoisotopic (exact) mass is 247 g/mol. The molecule has 3 nitrogen and oxygen atoms in total. The van der Waals surface area contributed by atoms with E-state index in [1.807, 2.05) is 0 Å². The van der Waals surface area contributed by atoms with Crippen LogP contribution in [0.25, 0.3) is 0 Å². The molecule has 13 heavy (non-hydrogen) atoms. The molecule has 0 saturated heterocycles. The maximum Gasteiger partial charge on any atom is 0.151 e. The van der Waals surface area contributed by atoms with E-state index in [4.69, 9.17) is 11.1 Å². The highest BCUT2D eigenvalue weighted by Gasteiger charge is 1.94. The number of nitrogens with one attached hydrogen (secondary N) is 1. The van der Waals surface area contributed by atoms with E-state index in [1.54, 1.807) is 0 Å². The predicted molar refractivity (Wildman–Crippen MR) is 66.7 cm³/mol. The van der Waals surface area contributed by atoms with Crippen molar-refractivity contribution in [2.24, 2.45) is 5.73 Å². The van der Waals surface area contributed by atoms with Crippen molar-refractivity contribution in [3.05, 3.63) is 0 Å². The Morgan fingerprint density at radius 1 is 1.46 bits per heavy atom. The van der Waals surface area contributed by atoms with Crippen molar-refractivity contribution in [1.82, 2.24) is 4.90 Å². The average molecular weight is 248 g/mol. The highest BCUT2D eigenvalue weighted by Crippen LogP contribution is 2.00. The molecule has 0 aromatic heterocycles. The van der Waals surface area contributed by atoms with Crippen LogP contribution >= 0.6 is 36.6 Å². The summed E-state index contributed by atoms with van der Waals surface area (Å²) in [6.45, 7) is 4.32. The summed E-state index contributed by atoms with van der Waals surface area (Å²) in [5.41, 5.74) is 5.17. The van der Waals surface area contributed by atoms with Gasteiger partial charge in [-0.25, -0.2) is 0 Å². The molecule has 0 aliphatic carbocycles. The van der Waals surface area contributed by atoms with Gasteiger partial charge in [-0.15, -0.1) is 24.8 Å². The van der Waals surface area contributed by atoms with Crippen LogP contribution in [0, 0.1) is 5.41 Å². The van der Waals surface area contributed by atoms with E-state index in [9.17, 15) is 0 Å². The van der Waals surface area contributed by atoms with Crippen molar-refractivity contribution in [1.29, 1.82) is 5.41 Å². The van der Waals surface area contributed by atoms with Crippen LogP contribution in [-0.4, -0.2) is 36.0 Å². The maximum atomic E-state index is 6.95. The zero-order valence-electron chi connectivity index (χ0n) is 8.08. The second-order valence-corrected chi connectivity index (χ2v) is 3.60. The molecule has 0 atom stereocenters. The lowest BCUT2D eigenvalue weighted by molar-refractivity contribution is 0.355. The quantitative estimate of drug-likeness (QED) is 0.443. The summed E-state index contributed by atoms with van der Waals surface area (Å²) in [6, 6.07) is 0. The molecule has 0 amide bonds. The molecular weight excluding hydrogens is 229 g/mol. The van der Waals surface area contributed by atoms with E-state index >= 15 is 0 Å². The number of hydrogen-bond donors (Lipinski definition) is 2. The van der Waals surface area contributed by atoms with Crippen LogP contribution in [0.4, 0.5) is 0 Å². The van der Waals surface area contributed by atoms with Gasteiger partial charge in [-0.05, 0) is 26.6 Å². The Balaban J connectivity index is -0.000000500. The van der Waals surface area contributed by atoms with Crippen LogP contribution < -0.4 is 5.73 Å². The number of thioether (sulfide) groups is 1. The van der Waals surface area contributed by atoms with E-state index < -0.39 is 0 Å². The van der Waals surface area contributed by atoms with Crippen molar-refractivity contribution in [2.75, 3.05) is 25.9 Å². The summed E-state index contributed by atoms with van der Waals surface area (Å²) in [5, 5.41) is 7.18. The lowest BCUT2D eigenvalue weighted by Gasteiger charge is -2.12. The smallest absolute Gasteiger partial charge is 0.151 e. The summed E-state index contributed by atoms with van der Waals surface area (Å²) in [5.74, 6) is 0.958. The molecule has 0 aromatic carbocycles. The number of nitrogens with zero attached hydrogens (tertiary/aromatic N) is 1. The number of rotatable bonds is 5. The van der Waals surface area contributed by atoms with Gasteiger partial charge < -0.3 is 10.6 Å². The summed E-state index contributed by atoms with van der Waals surface area (Å²) in [7, 11) is 2.10. The lowest BCUT2D eigenvalue weighted by atomic mass is 10.4. The molecule has 0 bridgehead atoms. The molecule has 3 N–H and O–H groups in total. The summed E-state index contributed by atoms with van der Waals surface area (Å²) < 4.78 is 0. The van der Waals surface area contributed by atoms with Crippen molar-refractivity contribution in [3.8, 4) is 0 Å². The predicted octanol–water partition coefficient (Wildman–Crippen LogP) is 1.80. The third-order valence-electron chi connectivity index (χ3n) is 1.48. The highest BCUT2D eigenvalue weighted by molar-refractivity contribution is 8.13. The molecule has 0 aliphatic heterocycles. The Labute approximate surface area is 97.1 Å². The molecule has 0 unspecified atom stereocenters. The first-order chi connectivity index (χ1) is 5.16. The fourth-order valence-electron chi connectivity index (χ4n) is 0.675. The van der Waals surface area contributed by atoms with E-state index in [1.165, 1.54) is 11.8 Å². The van der Waals surface area contributed by atoms with Gasteiger partial charge in [0, 0.05) is 5.75 Å². The zero-order valence-corrected chi connectivity index (χ0v) is 10.5. The Hall–Kier alpha value is 0.360. The molecule has 6 heteroatoms. The fraction of sp³-hybridized carbons (Fsp3) is 0.857. The first kappa shape index (κ1) is 19.0. The fourth-order valence-corrected chi connectivity index (χ4v) is 1.17. The van der Waals surface area contributed by atoms with Gasteiger partial charge in [-0.2, -0.15) is 0 Å². The number of halogens is 2. The van der Waals surface area contributed by atoms with Gasteiger partial charge in [0.15, 0.2) is 5.17 Å². The average Bonchev–Trinajstić information content (AvgIpc) is 1.97. The van der Waals surface area contributed by atoms with Gasteiger partial charge in [0.05, 0.1) is 0 Å². The van der Waals surface area contributed by atoms with Gasteiger partial charge in [-0.1, -0.05) is 18.7 Å². The first-order valence-corrected chi connectivity index (χ1v) is 4.80. The van der Waals surface area contributed by atoms with E-state index in [2.05, 4.69) is 18.9 Å². The molecule has 0 aromatic rings. The van der Waals surface area contributed by atoms with Crippen LogP contribution in [0.2, 0.25) is 0 Å². The standard InChI is InChI=1S/C7H17N3S.2ClH/c1-3-10(2)5-4-6-11-7(8)9;;/h3-6H2,1-2H3,(H3,8,9);2*1H. The van der Waals surface area contributed by atoms with Gasteiger partial charge in [0.2, 0.25) is 0 Å². The topological polar surface area (TPSA) is 53.1 Å². The minimum absolute atomic E-state index is 0. The van der Waals surface area contributed by atoms with Crippen molar-refractivity contribution in [3.63, 3.8) is 0 Å². The lowest BCUT2D eigenvalue weighted by Crippen LogP contribution is -2.19. The van der Waals surface area contributed by atoms with Gasteiger partial charge in [-0.3, -0.25) is 5.41 Å². The van der Waals surface area contributed by atoms with Gasteiger partial charge >= 0.3 is 0 Å². The molecular formula is C7H19Cl2N3S. The number of amidine groups is 1. The summed E-state index contributed by atoms with van der Waals surface area (Å²) >= 11 is 1.42. The third-order valence-corrected chi connectivity index (χ3v) is 2.29. The van der Waals surface area contributed by atoms with E-state index in [0.29, 0.717) is 0 Å². The number of nitrogens with two attached hydrogens (primary N) is 1. The minimum atomic E-state index is 0. The molecule has 0 fully saturated rings. The Morgan fingerprint density at radius 3 is 2.38 bits per heavy atom. The van der Waals surface area contributed by atoms with Crippen molar-refractivity contribution >= 4 is 41.7 Å². The Morgan fingerprint density at radius 2 is 2.00 bits per heavy atom. The van der Waals surface area contributed by atoms with Crippen LogP contribution in [-0.2, 0) is 0 Å². The minimum Gasteiger partial charge on any atom is -0.379 e. The second-order valence-electron chi connectivity index (χ2n) is 2.46. The van der Waals surface area contributed by atoms with Gasteiger partial charge in [0.25, 0.3) is 0 Å². The maximum absolute atomic E-state index is 6.95. The van der Waals surface area contributed by atoms with Crippen molar-refractivity contribution < 1.29 is 0 Å². The Kier molecular flexibility index (Phi) is 18.1. The molecule has 0 saturated carbocycles. The van der Waals surface area contributed by atoms with Gasteiger partial charge in [0.1, 0.15) is 0 Å². The number of hydrogen-bond acceptors (Lipinski definition) is 3. The molecule has 82 valence electrons. The van der Waals surface area contributed by atoms with E-state index in [0.717, 1.165) is 25.3 Å². The van der Waals surface area contributed by atoms with Crippen LogP contribution in [0.1, 0.15) is 13.3 Å². The highest BCUT2D eigenvalue weighted by atomic mass is 35.5. The summed E-state index contributed by atoms with van der Waals surface area (Å²) in [6.07, 6.45) is 1.11. The van der Waals surface area contributed by atoms with Crippen molar-refractivity contribution in [2.45, 2.75) is 13.3 Å². The molecule has 0 heterocycles. The molecule has 0 rings (SSSR count). The second kappa shape index (κ2) is 12.4. The largest absolute Gasteiger partial charge is 0.379 e. The third kappa shape index (κ3) is 15.1. The molecule has 0 radical (unpaired) electrons. The summed E-state index contributed by atoms with van der Waals surface area (Å²) in [4.78, 5) is 2.25. The van der Waals surface area contributed by atoms with Crippen LogP contribution in [0.15, 0.2) is 0 Å². The Bertz CT molecular complexity index is 124.